The van der Waals surface area contributed by atoms with Gasteiger partial charge in [0.05, 0.1) is 24.2 Å². The first kappa shape index (κ1) is 20.9. The lowest BCUT2D eigenvalue weighted by Gasteiger charge is -2.36. The highest BCUT2D eigenvalue weighted by molar-refractivity contribution is 7.88. The molecule has 0 aromatic heterocycles. The van der Waals surface area contributed by atoms with Crippen molar-refractivity contribution in [2.24, 2.45) is 0 Å². The largest absolute Gasteiger partial charge is 0.375 e. The molecule has 0 spiro atoms. The summed E-state index contributed by atoms with van der Waals surface area (Å²) in [4.78, 5) is 13.8. The number of amides is 2. The van der Waals surface area contributed by atoms with Crippen LogP contribution in [0.5, 0.6) is 0 Å². The van der Waals surface area contributed by atoms with Gasteiger partial charge in [-0.25, -0.2) is 26.3 Å². The van der Waals surface area contributed by atoms with Gasteiger partial charge in [-0.3, -0.25) is 0 Å². The van der Waals surface area contributed by atoms with Crippen molar-refractivity contribution in [3.63, 3.8) is 0 Å². The van der Waals surface area contributed by atoms with E-state index in [2.05, 4.69) is 5.32 Å². The summed E-state index contributed by atoms with van der Waals surface area (Å²) in [6.07, 6.45) is 3.84. The number of ether oxygens (including phenoxy) is 1. The Kier molecular flexibility index (Phi) is 6.51. The molecular formula is C18H25F2N3O4S. The minimum atomic E-state index is -3.15. The topological polar surface area (TPSA) is 79.0 Å². The molecule has 0 radical (unpaired) electrons. The molecule has 0 unspecified atom stereocenters. The lowest BCUT2D eigenvalue weighted by Crippen LogP contribution is -2.45. The summed E-state index contributed by atoms with van der Waals surface area (Å²) in [6.45, 7) is 1.83. The minimum absolute atomic E-state index is 0.00439. The molecule has 2 aliphatic heterocycles. The molecule has 1 aromatic rings. The van der Waals surface area contributed by atoms with Crippen molar-refractivity contribution < 1.29 is 26.7 Å². The first-order valence-electron chi connectivity index (χ1n) is 9.34. The maximum absolute atomic E-state index is 13.7. The number of halogens is 2. The molecule has 2 aliphatic rings. The van der Waals surface area contributed by atoms with E-state index in [0.29, 0.717) is 51.9 Å². The molecule has 28 heavy (non-hydrogen) atoms. The van der Waals surface area contributed by atoms with Gasteiger partial charge in [0.15, 0.2) is 0 Å². The van der Waals surface area contributed by atoms with E-state index in [1.165, 1.54) is 10.6 Å². The van der Waals surface area contributed by atoms with E-state index in [9.17, 15) is 22.0 Å². The number of urea groups is 1. The highest BCUT2D eigenvalue weighted by Crippen LogP contribution is 2.23. The minimum Gasteiger partial charge on any atom is -0.375 e. The molecule has 156 valence electrons. The van der Waals surface area contributed by atoms with Crippen LogP contribution in [-0.2, 0) is 14.8 Å². The van der Waals surface area contributed by atoms with Crippen molar-refractivity contribution in [1.82, 2.24) is 9.21 Å². The zero-order valence-corrected chi connectivity index (χ0v) is 16.6. The van der Waals surface area contributed by atoms with Crippen LogP contribution < -0.4 is 5.32 Å². The molecule has 0 aliphatic carbocycles. The fourth-order valence-corrected chi connectivity index (χ4v) is 4.43. The number of nitrogens with one attached hydrogen (secondary N) is 1. The van der Waals surface area contributed by atoms with Crippen LogP contribution >= 0.6 is 0 Å². The van der Waals surface area contributed by atoms with Crippen LogP contribution in [0.4, 0.5) is 19.3 Å². The van der Waals surface area contributed by atoms with Crippen LogP contribution in [0.2, 0.25) is 0 Å². The lowest BCUT2D eigenvalue weighted by molar-refractivity contribution is -0.0542. The van der Waals surface area contributed by atoms with E-state index >= 15 is 0 Å². The van der Waals surface area contributed by atoms with Crippen molar-refractivity contribution in [1.29, 1.82) is 0 Å². The SMILES string of the molecule is CS(=O)(=O)N1CCC(OC2CCN(C(=O)Nc3cc(F)ccc3F)CC2)CC1. The van der Waals surface area contributed by atoms with Crippen LogP contribution in [-0.4, -0.2) is 68.3 Å². The maximum Gasteiger partial charge on any atom is 0.321 e. The van der Waals surface area contributed by atoms with Crippen LogP contribution in [0.3, 0.4) is 0 Å². The predicted octanol–water partition coefficient (Wildman–Crippen LogP) is 2.40. The number of hydrogen-bond donors (Lipinski definition) is 1. The number of benzene rings is 1. The second kappa shape index (κ2) is 8.71. The summed E-state index contributed by atoms with van der Waals surface area (Å²) in [5.74, 6) is -1.31. The molecule has 2 amide bonds. The normalized spacial score (nSPS) is 20.3. The number of carbonyl (C=O) groups excluding carboxylic acids is 1. The van der Waals surface area contributed by atoms with E-state index in [-0.39, 0.29) is 17.9 Å². The first-order valence-corrected chi connectivity index (χ1v) is 11.2. The van der Waals surface area contributed by atoms with Crippen molar-refractivity contribution >= 4 is 21.7 Å². The van der Waals surface area contributed by atoms with Gasteiger partial charge >= 0.3 is 6.03 Å². The van der Waals surface area contributed by atoms with Gasteiger partial charge in [0.25, 0.3) is 0 Å². The smallest absolute Gasteiger partial charge is 0.321 e. The molecule has 2 saturated heterocycles. The number of nitrogens with zero attached hydrogens (tertiary/aromatic N) is 2. The molecule has 2 heterocycles. The number of hydrogen-bond acceptors (Lipinski definition) is 4. The molecule has 1 aromatic carbocycles. The van der Waals surface area contributed by atoms with Crippen LogP contribution in [0, 0.1) is 11.6 Å². The van der Waals surface area contributed by atoms with Crippen molar-refractivity contribution in [2.45, 2.75) is 37.9 Å². The zero-order chi connectivity index (χ0) is 20.3. The van der Waals surface area contributed by atoms with Crippen molar-refractivity contribution in [2.75, 3.05) is 37.8 Å². The van der Waals surface area contributed by atoms with Gasteiger partial charge in [0, 0.05) is 32.2 Å². The third kappa shape index (κ3) is 5.39. The second-order valence-electron chi connectivity index (χ2n) is 7.24. The fourth-order valence-electron chi connectivity index (χ4n) is 3.55. The van der Waals surface area contributed by atoms with Crippen molar-refractivity contribution in [3.05, 3.63) is 29.8 Å². The second-order valence-corrected chi connectivity index (χ2v) is 9.22. The van der Waals surface area contributed by atoms with Crippen LogP contribution in [0.15, 0.2) is 18.2 Å². The third-order valence-corrected chi connectivity index (χ3v) is 6.46. The quantitative estimate of drug-likeness (QED) is 0.816. The van der Waals surface area contributed by atoms with E-state index in [1.54, 1.807) is 4.90 Å². The lowest BCUT2D eigenvalue weighted by atomic mass is 10.1. The molecule has 2 fully saturated rings. The summed E-state index contributed by atoms with van der Waals surface area (Å²) >= 11 is 0. The Bertz CT molecular complexity index is 805. The Hall–Kier alpha value is -1.78. The highest BCUT2D eigenvalue weighted by atomic mass is 32.2. The van der Waals surface area contributed by atoms with Gasteiger partial charge in [-0.1, -0.05) is 0 Å². The standard InChI is InChI=1S/C18H25F2N3O4S/c1-28(25,26)23-10-6-15(7-11-23)27-14-4-8-22(9-5-14)18(24)21-17-12-13(19)2-3-16(17)20/h2-3,12,14-15H,4-11H2,1H3,(H,21,24). The maximum atomic E-state index is 13.7. The highest BCUT2D eigenvalue weighted by Gasteiger charge is 2.29. The van der Waals surface area contributed by atoms with Gasteiger partial charge in [0.2, 0.25) is 10.0 Å². The Labute approximate surface area is 163 Å². The number of likely N-dealkylation sites (tertiary alicyclic amines) is 1. The monoisotopic (exact) mass is 417 g/mol. The third-order valence-electron chi connectivity index (χ3n) is 5.15. The first-order chi connectivity index (χ1) is 13.2. The molecule has 3 rings (SSSR count). The molecule has 10 heteroatoms. The molecule has 0 bridgehead atoms. The summed E-state index contributed by atoms with van der Waals surface area (Å²) in [5.41, 5.74) is -0.180. The number of carbonyl (C=O) groups is 1. The van der Waals surface area contributed by atoms with Gasteiger partial charge < -0.3 is 15.0 Å². The summed E-state index contributed by atoms with van der Waals surface area (Å²) in [6, 6.07) is 2.45. The average molecular weight is 417 g/mol. The molecule has 0 atom stereocenters. The number of rotatable bonds is 4. The van der Waals surface area contributed by atoms with Crippen LogP contribution in [0.1, 0.15) is 25.7 Å². The van der Waals surface area contributed by atoms with Gasteiger partial charge in [-0.15, -0.1) is 0 Å². The van der Waals surface area contributed by atoms with E-state index in [1.807, 2.05) is 0 Å². The van der Waals surface area contributed by atoms with E-state index in [4.69, 9.17) is 4.74 Å². The zero-order valence-electron chi connectivity index (χ0n) is 15.7. The number of anilines is 1. The molecular weight excluding hydrogens is 392 g/mol. The summed E-state index contributed by atoms with van der Waals surface area (Å²) < 4.78 is 57.5. The Morgan fingerprint density at radius 3 is 2.21 bits per heavy atom. The van der Waals surface area contributed by atoms with Gasteiger partial charge in [-0.2, -0.15) is 0 Å². The Morgan fingerprint density at radius 1 is 1.07 bits per heavy atom. The van der Waals surface area contributed by atoms with Gasteiger partial charge in [-0.05, 0) is 37.8 Å². The van der Waals surface area contributed by atoms with E-state index < -0.39 is 27.7 Å². The van der Waals surface area contributed by atoms with Crippen molar-refractivity contribution in [3.8, 4) is 0 Å². The molecule has 1 N–H and O–H groups in total. The summed E-state index contributed by atoms with van der Waals surface area (Å²) in [7, 11) is -3.15. The van der Waals surface area contributed by atoms with E-state index in [0.717, 1.165) is 18.2 Å². The fraction of sp³-hybridized carbons (Fsp3) is 0.611. The van der Waals surface area contributed by atoms with Gasteiger partial charge in [0.1, 0.15) is 11.6 Å². The molecule has 7 nitrogen and oxygen atoms in total. The summed E-state index contributed by atoms with van der Waals surface area (Å²) in [5, 5.41) is 2.40. The molecule has 0 saturated carbocycles. The predicted molar refractivity (Wildman–Crippen MR) is 100 cm³/mol. The number of piperidine rings is 2. The Balaban J connectivity index is 1.43. The average Bonchev–Trinajstić information content (AvgIpc) is 2.65. The van der Waals surface area contributed by atoms with Crippen LogP contribution in [0.25, 0.3) is 0 Å². The number of sulfonamides is 1. The Morgan fingerprint density at radius 2 is 1.64 bits per heavy atom.